The van der Waals surface area contributed by atoms with Crippen LogP contribution in [0.1, 0.15) is 68.8 Å². The van der Waals surface area contributed by atoms with Crippen LogP contribution < -0.4 is 15.0 Å². The van der Waals surface area contributed by atoms with Crippen molar-refractivity contribution in [3.63, 3.8) is 0 Å². The van der Waals surface area contributed by atoms with Crippen molar-refractivity contribution in [1.29, 1.82) is 0 Å². The number of rotatable bonds is 7. The third kappa shape index (κ3) is 4.54. The standard InChI is InChI=1S/C26H31N3O3/c1-4-31-23-15-18(3)20(16-24(23)32-5-2)17-27-29-25(19-11-7-6-8-12-19)28-22-14-10-9-13-21(22)26(29)30/h9-10,13-17,19H,4-8,11-12H2,1-3H3. The monoisotopic (exact) mass is 433 g/mol. The number of nitrogens with zero attached hydrogens (tertiary/aromatic N) is 3. The lowest BCUT2D eigenvalue weighted by Crippen LogP contribution is -2.25. The molecular formula is C26H31N3O3. The van der Waals surface area contributed by atoms with Crippen LogP contribution in [-0.4, -0.2) is 29.1 Å². The summed E-state index contributed by atoms with van der Waals surface area (Å²) in [6, 6.07) is 11.4. The van der Waals surface area contributed by atoms with Crippen LogP contribution in [0.4, 0.5) is 0 Å². The maximum absolute atomic E-state index is 13.4. The van der Waals surface area contributed by atoms with Crippen molar-refractivity contribution in [3.05, 3.63) is 63.7 Å². The maximum atomic E-state index is 13.4. The Morgan fingerprint density at radius 1 is 1.06 bits per heavy atom. The highest BCUT2D eigenvalue weighted by Crippen LogP contribution is 2.32. The summed E-state index contributed by atoms with van der Waals surface area (Å²) in [5.74, 6) is 2.41. The minimum Gasteiger partial charge on any atom is -0.490 e. The molecular weight excluding hydrogens is 402 g/mol. The normalized spacial score (nSPS) is 14.8. The summed E-state index contributed by atoms with van der Waals surface area (Å²) in [4.78, 5) is 18.3. The molecule has 0 N–H and O–H groups in total. The Balaban J connectivity index is 1.80. The van der Waals surface area contributed by atoms with E-state index < -0.39 is 0 Å². The maximum Gasteiger partial charge on any atom is 0.282 e. The number of fused-ring (bicyclic) bond motifs is 1. The number of ether oxygens (including phenoxy) is 2. The number of aromatic nitrogens is 2. The van der Waals surface area contributed by atoms with Gasteiger partial charge in [0.05, 0.1) is 30.3 Å². The van der Waals surface area contributed by atoms with Crippen molar-refractivity contribution in [2.75, 3.05) is 13.2 Å². The minimum atomic E-state index is -0.124. The highest BCUT2D eigenvalue weighted by atomic mass is 16.5. The summed E-state index contributed by atoms with van der Waals surface area (Å²) < 4.78 is 13.0. The smallest absolute Gasteiger partial charge is 0.282 e. The van der Waals surface area contributed by atoms with Crippen molar-refractivity contribution in [3.8, 4) is 11.5 Å². The molecule has 0 saturated heterocycles. The van der Waals surface area contributed by atoms with Crippen molar-refractivity contribution in [2.24, 2.45) is 5.10 Å². The van der Waals surface area contributed by atoms with Crippen LogP contribution in [0, 0.1) is 6.92 Å². The Bertz CT molecular complexity index is 1180. The van der Waals surface area contributed by atoms with Crippen LogP contribution in [0.25, 0.3) is 10.9 Å². The highest BCUT2D eigenvalue weighted by Gasteiger charge is 2.22. The van der Waals surface area contributed by atoms with E-state index in [9.17, 15) is 4.79 Å². The van der Waals surface area contributed by atoms with E-state index in [1.54, 1.807) is 6.21 Å². The topological polar surface area (TPSA) is 65.7 Å². The Morgan fingerprint density at radius 2 is 1.75 bits per heavy atom. The SMILES string of the molecule is CCOc1cc(C)c(C=Nn2c(C3CCCCC3)nc3ccccc3c2=O)cc1OCC. The van der Waals surface area contributed by atoms with Gasteiger partial charge in [-0.05, 0) is 63.4 Å². The lowest BCUT2D eigenvalue weighted by atomic mass is 9.88. The van der Waals surface area contributed by atoms with Gasteiger partial charge in [0, 0.05) is 11.5 Å². The number of para-hydroxylation sites is 1. The molecule has 0 amide bonds. The molecule has 168 valence electrons. The second-order valence-electron chi connectivity index (χ2n) is 8.21. The Kier molecular flexibility index (Phi) is 6.88. The molecule has 1 fully saturated rings. The fourth-order valence-corrected chi connectivity index (χ4v) is 4.35. The average molecular weight is 434 g/mol. The first kappa shape index (κ1) is 22.1. The molecule has 32 heavy (non-hydrogen) atoms. The molecule has 0 radical (unpaired) electrons. The van der Waals surface area contributed by atoms with Gasteiger partial charge in [0.1, 0.15) is 5.82 Å². The molecule has 0 unspecified atom stereocenters. The molecule has 1 aliphatic rings. The van der Waals surface area contributed by atoms with Crippen molar-refractivity contribution < 1.29 is 9.47 Å². The van der Waals surface area contributed by atoms with Crippen LogP contribution >= 0.6 is 0 Å². The van der Waals surface area contributed by atoms with E-state index in [0.29, 0.717) is 24.3 Å². The van der Waals surface area contributed by atoms with Crippen LogP contribution in [0.5, 0.6) is 11.5 Å². The summed E-state index contributed by atoms with van der Waals surface area (Å²) in [7, 11) is 0. The minimum absolute atomic E-state index is 0.124. The lowest BCUT2D eigenvalue weighted by Gasteiger charge is -2.22. The molecule has 1 heterocycles. The zero-order valence-electron chi connectivity index (χ0n) is 19.1. The number of hydrogen-bond donors (Lipinski definition) is 0. The van der Waals surface area contributed by atoms with Gasteiger partial charge >= 0.3 is 0 Å². The quantitative estimate of drug-likeness (QED) is 0.466. The molecule has 6 heteroatoms. The van der Waals surface area contributed by atoms with E-state index >= 15 is 0 Å². The van der Waals surface area contributed by atoms with E-state index in [4.69, 9.17) is 14.5 Å². The predicted molar refractivity (Wildman–Crippen MR) is 128 cm³/mol. The summed E-state index contributed by atoms with van der Waals surface area (Å²) >= 11 is 0. The van der Waals surface area contributed by atoms with Crippen LogP contribution in [0.2, 0.25) is 0 Å². The molecule has 0 spiro atoms. The first-order chi connectivity index (χ1) is 15.6. The van der Waals surface area contributed by atoms with E-state index in [1.807, 2.05) is 57.2 Å². The third-order valence-electron chi connectivity index (χ3n) is 5.99. The third-order valence-corrected chi connectivity index (χ3v) is 5.99. The predicted octanol–water partition coefficient (Wildman–Crippen LogP) is 5.43. The Hall–Kier alpha value is -3.15. The van der Waals surface area contributed by atoms with E-state index in [-0.39, 0.29) is 11.5 Å². The lowest BCUT2D eigenvalue weighted by molar-refractivity contribution is 0.287. The first-order valence-electron chi connectivity index (χ1n) is 11.6. The number of benzene rings is 2. The molecule has 0 aliphatic heterocycles. The van der Waals surface area contributed by atoms with Gasteiger partial charge < -0.3 is 9.47 Å². The largest absolute Gasteiger partial charge is 0.490 e. The molecule has 0 bridgehead atoms. The van der Waals surface area contributed by atoms with Gasteiger partial charge in [-0.1, -0.05) is 31.4 Å². The first-order valence-corrected chi connectivity index (χ1v) is 11.6. The van der Waals surface area contributed by atoms with Gasteiger partial charge in [-0.15, -0.1) is 0 Å². The van der Waals surface area contributed by atoms with Crippen molar-refractivity contribution in [1.82, 2.24) is 9.66 Å². The van der Waals surface area contributed by atoms with E-state index in [0.717, 1.165) is 53.9 Å². The Morgan fingerprint density at radius 3 is 2.47 bits per heavy atom. The van der Waals surface area contributed by atoms with E-state index in [2.05, 4.69) is 5.10 Å². The second-order valence-corrected chi connectivity index (χ2v) is 8.21. The van der Waals surface area contributed by atoms with Gasteiger partial charge in [0.25, 0.3) is 5.56 Å². The Labute approximate surface area is 188 Å². The molecule has 1 aliphatic carbocycles. The van der Waals surface area contributed by atoms with Gasteiger partial charge in [0.2, 0.25) is 0 Å². The molecule has 4 rings (SSSR count). The van der Waals surface area contributed by atoms with Crippen molar-refractivity contribution >= 4 is 17.1 Å². The molecule has 3 aromatic rings. The van der Waals surface area contributed by atoms with Gasteiger partial charge in [0.15, 0.2) is 11.5 Å². The van der Waals surface area contributed by atoms with Crippen LogP contribution in [0.3, 0.4) is 0 Å². The summed E-state index contributed by atoms with van der Waals surface area (Å²) in [6.07, 6.45) is 7.37. The summed E-state index contributed by atoms with van der Waals surface area (Å²) in [5, 5.41) is 5.25. The summed E-state index contributed by atoms with van der Waals surface area (Å²) in [5.41, 5.74) is 2.50. The fraction of sp³-hybridized carbons (Fsp3) is 0.423. The summed E-state index contributed by atoms with van der Waals surface area (Å²) in [6.45, 7) is 7.00. The molecule has 6 nitrogen and oxygen atoms in total. The van der Waals surface area contributed by atoms with Gasteiger partial charge in [-0.25, -0.2) is 4.98 Å². The zero-order chi connectivity index (χ0) is 22.5. The molecule has 2 aromatic carbocycles. The fourth-order valence-electron chi connectivity index (χ4n) is 4.35. The second kappa shape index (κ2) is 9.98. The zero-order valence-corrected chi connectivity index (χ0v) is 19.1. The van der Waals surface area contributed by atoms with Crippen LogP contribution in [-0.2, 0) is 0 Å². The van der Waals surface area contributed by atoms with E-state index in [1.165, 1.54) is 11.1 Å². The molecule has 0 atom stereocenters. The number of hydrogen-bond acceptors (Lipinski definition) is 5. The molecule has 1 saturated carbocycles. The highest BCUT2D eigenvalue weighted by molar-refractivity contribution is 5.83. The van der Waals surface area contributed by atoms with Crippen molar-refractivity contribution in [2.45, 2.75) is 58.8 Å². The van der Waals surface area contributed by atoms with Gasteiger partial charge in [-0.3, -0.25) is 4.79 Å². The van der Waals surface area contributed by atoms with Crippen LogP contribution in [0.15, 0.2) is 46.3 Å². The number of aryl methyl sites for hydroxylation is 1. The average Bonchev–Trinajstić information content (AvgIpc) is 2.81. The molecule has 1 aromatic heterocycles. The van der Waals surface area contributed by atoms with Gasteiger partial charge in [-0.2, -0.15) is 9.78 Å².